The van der Waals surface area contributed by atoms with Crippen molar-refractivity contribution in [2.24, 2.45) is 0 Å². The minimum atomic E-state index is -0.945. The molecule has 1 aromatic carbocycles. The average Bonchev–Trinajstić information content (AvgIpc) is 3.06. The maximum atomic E-state index is 14.3. The highest BCUT2D eigenvalue weighted by Crippen LogP contribution is 2.23. The van der Waals surface area contributed by atoms with Crippen LogP contribution < -0.4 is 0 Å². The lowest BCUT2D eigenvalue weighted by Crippen LogP contribution is -2.22. The number of nitrogens with zero attached hydrogens (tertiary/aromatic N) is 3. The zero-order valence-corrected chi connectivity index (χ0v) is 15.5. The number of carboxylic acid groups (broad SMARTS) is 1. The Morgan fingerprint density at radius 2 is 2.11 bits per heavy atom. The van der Waals surface area contributed by atoms with E-state index >= 15 is 0 Å². The number of halogens is 1. The lowest BCUT2D eigenvalue weighted by atomic mass is 9.96. The van der Waals surface area contributed by atoms with Crippen LogP contribution >= 0.6 is 0 Å². The third-order valence-electron chi connectivity index (χ3n) is 5.15. The molecule has 0 saturated heterocycles. The quantitative estimate of drug-likeness (QED) is 0.642. The van der Waals surface area contributed by atoms with Crippen LogP contribution in [0.5, 0.6) is 0 Å². The SMILES string of the molecule is O=C(O)CCc1ccc(-n2ncc3cc(CCOC4CCC4)cnc32)cc1F. The van der Waals surface area contributed by atoms with Crippen LogP contribution in [0.15, 0.2) is 36.7 Å². The predicted molar refractivity (Wildman–Crippen MR) is 102 cm³/mol. The number of aryl methyl sites for hydroxylation is 1. The van der Waals surface area contributed by atoms with Gasteiger partial charge in [0.25, 0.3) is 0 Å². The highest BCUT2D eigenvalue weighted by molar-refractivity contribution is 5.76. The second-order valence-corrected chi connectivity index (χ2v) is 7.16. The summed E-state index contributed by atoms with van der Waals surface area (Å²) in [6.45, 7) is 0.689. The van der Waals surface area contributed by atoms with Gasteiger partial charge in [0.2, 0.25) is 0 Å². The van der Waals surface area contributed by atoms with Crippen molar-refractivity contribution in [1.29, 1.82) is 0 Å². The van der Waals surface area contributed by atoms with Gasteiger partial charge in [-0.2, -0.15) is 5.10 Å². The summed E-state index contributed by atoms with van der Waals surface area (Å²) in [7, 11) is 0. The van der Waals surface area contributed by atoms with Gasteiger partial charge >= 0.3 is 5.97 Å². The Labute approximate surface area is 162 Å². The number of benzene rings is 1. The van der Waals surface area contributed by atoms with Crippen molar-refractivity contribution in [3.05, 3.63) is 53.6 Å². The fourth-order valence-electron chi connectivity index (χ4n) is 3.29. The fourth-order valence-corrected chi connectivity index (χ4v) is 3.29. The van der Waals surface area contributed by atoms with Crippen molar-refractivity contribution in [1.82, 2.24) is 14.8 Å². The molecule has 1 saturated carbocycles. The summed E-state index contributed by atoms with van der Waals surface area (Å²) >= 11 is 0. The zero-order valence-electron chi connectivity index (χ0n) is 15.5. The topological polar surface area (TPSA) is 77.2 Å². The normalized spacial score (nSPS) is 14.3. The number of hydrogen-bond acceptors (Lipinski definition) is 4. The smallest absolute Gasteiger partial charge is 0.303 e. The second-order valence-electron chi connectivity index (χ2n) is 7.16. The van der Waals surface area contributed by atoms with Crippen molar-refractivity contribution in [3.8, 4) is 5.69 Å². The van der Waals surface area contributed by atoms with E-state index in [0.29, 0.717) is 29.6 Å². The number of hydrogen-bond donors (Lipinski definition) is 1. The molecule has 0 amide bonds. The van der Waals surface area contributed by atoms with E-state index in [1.165, 1.54) is 12.5 Å². The Morgan fingerprint density at radius 1 is 1.25 bits per heavy atom. The summed E-state index contributed by atoms with van der Waals surface area (Å²) < 4.78 is 21.7. The van der Waals surface area contributed by atoms with E-state index < -0.39 is 11.8 Å². The van der Waals surface area contributed by atoms with Crippen LogP contribution in [0.4, 0.5) is 4.39 Å². The molecule has 1 aliphatic rings. The first-order chi connectivity index (χ1) is 13.6. The Hall–Kier alpha value is -2.80. The number of aromatic nitrogens is 3. The number of ether oxygens (including phenoxy) is 1. The summed E-state index contributed by atoms with van der Waals surface area (Å²) in [5.41, 5.74) is 2.67. The molecule has 28 heavy (non-hydrogen) atoms. The molecule has 0 spiro atoms. The zero-order chi connectivity index (χ0) is 19.5. The van der Waals surface area contributed by atoms with Gasteiger partial charge in [-0.05, 0) is 61.4 Å². The molecule has 146 valence electrons. The maximum absolute atomic E-state index is 14.3. The van der Waals surface area contributed by atoms with Gasteiger partial charge in [0.05, 0.1) is 24.6 Å². The Bertz CT molecular complexity index is 998. The van der Waals surface area contributed by atoms with Crippen molar-refractivity contribution in [2.45, 2.75) is 44.6 Å². The van der Waals surface area contributed by atoms with E-state index in [-0.39, 0.29) is 12.8 Å². The van der Waals surface area contributed by atoms with E-state index in [1.54, 1.807) is 23.0 Å². The van der Waals surface area contributed by atoms with Crippen LogP contribution in [0.2, 0.25) is 0 Å². The minimum Gasteiger partial charge on any atom is -0.481 e. The molecule has 6 nitrogen and oxygen atoms in total. The first-order valence-electron chi connectivity index (χ1n) is 9.55. The molecular weight excluding hydrogens is 361 g/mol. The van der Waals surface area contributed by atoms with Crippen molar-refractivity contribution in [3.63, 3.8) is 0 Å². The summed E-state index contributed by atoms with van der Waals surface area (Å²) in [4.78, 5) is 15.2. The van der Waals surface area contributed by atoms with Crippen LogP contribution in [-0.2, 0) is 22.4 Å². The van der Waals surface area contributed by atoms with Crippen LogP contribution in [0, 0.1) is 5.82 Å². The monoisotopic (exact) mass is 383 g/mol. The Kier molecular flexibility index (Phi) is 5.34. The first-order valence-corrected chi connectivity index (χ1v) is 9.55. The molecular formula is C21H22FN3O3. The van der Waals surface area contributed by atoms with Crippen LogP contribution in [0.3, 0.4) is 0 Å². The van der Waals surface area contributed by atoms with E-state index in [9.17, 15) is 9.18 Å². The van der Waals surface area contributed by atoms with Crippen LogP contribution in [0.1, 0.15) is 36.8 Å². The highest BCUT2D eigenvalue weighted by atomic mass is 19.1. The second kappa shape index (κ2) is 8.06. The molecule has 0 bridgehead atoms. The number of rotatable bonds is 8. The molecule has 2 aromatic heterocycles. The molecule has 3 aromatic rings. The lowest BCUT2D eigenvalue weighted by molar-refractivity contribution is -0.136. The molecule has 1 aliphatic carbocycles. The van der Waals surface area contributed by atoms with E-state index in [0.717, 1.165) is 30.2 Å². The molecule has 0 radical (unpaired) electrons. The van der Waals surface area contributed by atoms with Gasteiger partial charge < -0.3 is 9.84 Å². The van der Waals surface area contributed by atoms with Crippen molar-refractivity contribution < 1.29 is 19.0 Å². The van der Waals surface area contributed by atoms with Crippen LogP contribution in [-0.4, -0.2) is 38.6 Å². The van der Waals surface area contributed by atoms with Gasteiger partial charge in [0.15, 0.2) is 5.65 Å². The number of carbonyl (C=O) groups is 1. The minimum absolute atomic E-state index is 0.101. The molecule has 2 heterocycles. The van der Waals surface area contributed by atoms with E-state index in [1.807, 2.05) is 12.3 Å². The fraction of sp³-hybridized carbons (Fsp3) is 0.381. The van der Waals surface area contributed by atoms with Crippen LogP contribution in [0.25, 0.3) is 16.7 Å². The third kappa shape index (κ3) is 4.04. The average molecular weight is 383 g/mol. The standard InChI is InChI=1S/C21H22FN3O3/c22-19-11-17(6-4-15(19)5-7-20(26)27)25-21-16(13-24-25)10-14(12-23-21)8-9-28-18-2-1-3-18/h4,6,10-13,18H,1-3,5,7-9H2,(H,26,27). The van der Waals surface area contributed by atoms with Gasteiger partial charge in [-0.1, -0.05) is 6.07 Å². The molecule has 0 aliphatic heterocycles. The molecule has 4 rings (SSSR count). The van der Waals surface area contributed by atoms with Gasteiger partial charge in [0.1, 0.15) is 5.82 Å². The number of carboxylic acids is 1. The molecule has 1 fully saturated rings. The Balaban J connectivity index is 1.49. The van der Waals surface area contributed by atoms with E-state index in [4.69, 9.17) is 9.84 Å². The van der Waals surface area contributed by atoms with Gasteiger partial charge in [0, 0.05) is 18.0 Å². The summed E-state index contributed by atoms with van der Waals surface area (Å²) in [5.74, 6) is -1.38. The number of pyridine rings is 1. The van der Waals surface area contributed by atoms with Crippen molar-refractivity contribution in [2.75, 3.05) is 6.61 Å². The van der Waals surface area contributed by atoms with Gasteiger partial charge in [-0.25, -0.2) is 14.1 Å². The van der Waals surface area contributed by atoms with Gasteiger partial charge in [-0.15, -0.1) is 0 Å². The summed E-state index contributed by atoms with van der Waals surface area (Å²) in [5, 5.41) is 14.0. The van der Waals surface area contributed by atoms with E-state index in [2.05, 4.69) is 10.1 Å². The van der Waals surface area contributed by atoms with Crippen molar-refractivity contribution >= 4 is 17.0 Å². The molecule has 1 N–H and O–H groups in total. The lowest BCUT2D eigenvalue weighted by Gasteiger charge is -2.25. The Morgan fingerprint density at radius 3 is 2.82 bits per heavy atom. The first kappa shape index (κ1) is 18.6. The summed E-state index contributed by atoms with van der Waals surface area (Å²) in [6.07, 6.45) is 8.40. The predicted octanol–water partition coefficient (Wildman–Crippen LogP) is 3.69. The summed E-state index contributed by atoms with van der Waals surface area (Å²) in [6, 6.07) is 6.74. The molecule has 7 heteroatoms. The number of fused-ring (bicyclic) bond motifs is 1. The molecule has 0 unspecified atom stereocenters. The highest BCUT2D eigenvalue weighted by Gasteiger charge is 2.17. The van der Waals surface area contributed by atoms with Gasteiger partial charge in [-0.3, -0.25) is 4.79 Å². The largest absolute Gasteiger partial charge is 0.481 e. The number of aliphatic carboxylic acids is 1. The molecule has 0 atom stereocenters. The maximum Gasteiger partial charge on any atom is 0.303 e. The third-order valence-corrected chi connectivity index (χ3v) is 5.15.